The number of ether oxygens (including phenoxy) is 3. The third-order valence-corrected chi connectivity index (χ3v) is 5.50. The van der Waals surface area contributed by atoms with E-state index in [2.05, 4.69) is 4.99 Å². The molecule has 0 saturated carbocycles. The van der Waals surface area contributed by atoms with Gasteiger partial charge < -0.3 is 19.3 Å². The number of aromatic nitrogens is 1. The van der Waals surface area contributed by atoms with Crippen LogP contribution < -0.4 is 19.0 Å². The molecule has 0 aliphatic rings. The topological polar surface area (TPSA) is 77.6 Å². The molecule has 1 N–H and O–H groups in total. The third kappa shape index (κ3) is 4.18. The number of benzene rings is 2. The summed E-state index contributed by atoms with van der Waals surface area (Å²) in [4.78, 5) is 5.13. The van der Waals surface area contributed by atoms with Gasteiger partial charge in [-0.05, 0) is 48.4 Å². The zero-order chi connectivity index (χ0) is 21.7. The molecule has 0 radical (unpaired) electrons. The molecule has 0 saturated heterocycles. The Morgan fingerprint density at radius 1 is 1.03 bits per heavy atom. The number of rotatable bonds is 7. The lowest BCUT2D eigenvalue weighted by Crippen LogP contribution is -2.14. The molecule has 0 bridgehead atoms. The van der Waals surface area contributed by atoms with Gasteiger partial charge in [0.05, 0.1) is 32.7 Å². The fourth-order valence-corrected chi connectivity index (χ4v) is 3.88. The first-order valence-electron chi connectivity index (χ1n) is 9.37. The molecular weight excluding hydrogens is 402 g/mol. The average molecular weight is 428 g/mol. The maximum Gasteiger partial charge on any atom is 0.205 e. The lowest BCUT2D eigenvalue weighted by molar-refractivity contribution is 0.324. The second-order valence-corrected chi connectivity index (χ2v) is 7.14. The molecular formula is C22H25N3O4S. The van der Waals surface area contributed by atoms with E-state index in [-0.39, 0.29) is 5.75 Å². The lowest BCUT2D eigenvalue weighted by atomic mass is 10.1. The summed E-state index contributed by atoms with van der Waals surface area (Å²) in [7, 11) is 6.50. The van der Waals surface area contributed by atoms with Gasteiger partial charge in [-0.1, -0.05) is 6.92 Å². The Labute approximate surface area is 179 Å². The Morgan fingerprint density at radius 3 is 2.17 bits per heavy atom. The Bertz CT molecular complexity index is 1090. The van der Waals surface area contributed by atoms with Crippen LogP contribution in [0.25, 0.3) is 11.3 Å². The highest BCUT2D eigenvalue weighted by Gasteiger charge is 2.17. The van der Waals surface area contributed by atoms with E-state index in [9.17, 15) is 5.11 Å². The average Bonchev–Trinajstić information content (AvgIpc) is 3.19. The number of thiazole rings is 1. The van der Waals surface area contributed by atoms with Gasteiger partial charge in [0.1, 0.15) is 5.75 Å². The zero-order valence-electron chi connectivity index (χ0n) is 17.7. The number of methoxy groups -OCH3 is 3. The monoisotopic (exact) mass is 427 g/mol. The van der Waals surface area contributed by atoms with Gasteiger partial charge in [0.25, 0.3) is 0 Å². The van der Waals surface area contributed by atoms with Gasteiger partial charge in [-0.15, -0.1) is 11.3 Å². The maximum atomic E-state index is 9.59. The highest BCUT2D eigenvalue weighted by Crippen LogP contribution is 2.41. The van der Waals surface area contributed by atoms with E-state index < -0.39 is 0 Å². The predicted octanol–water partition coefficient (Wildman–Crippen LogP) is 4.14. The van der Waals surface area contributed by atoms with Crippen LogP contribution in [0.4, 0.5) is 0 Å². The Balaban J connectivity index is 2.20. The van der Waals surface area contributed by atoms with Gasteiger partial charge >= 0.3 is 0 Å². The summed E-state index contributed by atoms with van der Waals surface area (Å²) in [5.74, 6) is 1.89. The minimum absolute atomic E-state index is 0.222. The van der Waals surface area contributed by atoms with Crippen LogP contribution in [-0.4, -0.2) is 43.9 Å². The summed E-state index contributed by atoms with van der Waals surface area (Å²) in [6.45, 7) is 2.04. The van der Waals surface area contributed by atoms with Crippen molar-refractivity contribution in [2.45, 2.75) is 13.3 Å². The van der Waals surface area contributed by atoms with Crippen molar-refractivity contribution in [1.82, 2.24) is 4.68 Å². The van der Waals surface area contributed by atoms with Crippen LogP contribution in [-0.2, 0) is 0 Å². The van der Waals surface area contributed by atoms with Crippen molar-refractivity contribution in [3.8, 4) is 34.3 Å². The molecule has 30 heavy (non-hydrogen) atoms. The van der Waals surface area contributed by atoms with Gasteiger partial charge in [-0.2, -0.15) is 5.10 Å². The normalized spacial score (nSPS) is 12.2. The predicted molar refractivity (Wildman–Crippen MR) is 119 cm³/mol. The highest BCUT2D eigenvalue weighted by atomic mass is 32.1. The third-order valence-electron chi connectivity index (χ3n) is 4.59. The molecule has 0 amide bonds. The molecule has 3 aromatic rings. The number of phenolic OH excluding ortho intramolecular Hbond substituents is 1. The number of phenols is 1. The molecule has 158 valence electrons. The molecule has 3 rings (SSSR count). The second kappa shape index (κ2) is 9.49. The molecule has 0 fully saturated rings. The van der Waals surface area contributed by atoms with Crippen LogP contribution in [0, 0.1) is 0 Å². The first kappa shape index (κ1) is 21.4. The van der Waals surface area contributed by atoms with Crippen molar-refractivity contribution in [1.29, 1.82) is 0 Å². The van der Waals surface area contributed by atoms with E-state index >= 15 is 0 Å². The first-order valence-corrected chi connectivity index (χ1v) is 10.2. The van der Waals surface area contributed by atoms with Gasteiger partial charge in [-0.3, -0.25) is 4.99 Å². The number of nitrogens with zero attached hydrogens (tertiary/aromatic N) is 3. The van der Waals surface area contributed by atoms with E-state index in [1.54, 1.807) is 40.5 Å². The van der Waals surface area contributed by atoms with Gasteiger partial charge in [0, 0.05) is 18.0 Å². The van der Waals surface area contributed by atoms with Crippen LogP contribution in [0.3, 0.4) is 0 Å². The van der Waals surface area contributed by atoms with Crippen LogP contribution in [0.2, 0.25) is 0 Å². The van der Waals surface area contributed by atoms with Crippen molar-refractivity contribution < 1.29 is 19.3 Å². The molecule has 8 heteroatoms. The number of aromatic hydroxyl groups is 1. The molecule has 0 aliphatic carbocycles. The summed E-state index contributed by atoms with van der Waals surface area (Å²) in [5, 5.41) is 16.5. The van der Waals surface area contributed by atoms with Crippen molar-refractivity contribution in [3.05, 3.63) is 52.1 Å². The molecule has 1 aromatic heterocycles. The van der Waals surface area contributed by atoms with E-state index in [0.717, 1.165) is 27.3 Å². The lowest BCUT2D eigenvalue weighted by Gasteiger charge is -2.14. The summed E-state index contributed by atoms with van der Waals surface area (Å²) in [6, 6.07) is 10.8. The standard InChI is InChI=1S/C22H25N3O4S/c1-6-17(14-7-9-16(26)10-8-14)24-25-18(13-30-22(25)23-2)15-11-19(27-3)21(29-5)20(12-15)28-4/h7-13,26H,6H2,1-5H3. The fraction of sp³-hybridized carbons (Fsp3) is 0.273. The Hall–Kier alpha value is -3.26. The smallest absolute Gasteiger partial charge is 0.205 e. The van der Waals surface area contributed by atoms with Crippen molar-refractivity contribution in [3.63, 3.8) is 0 Å². The number of hydrogen-bond donors (Lipinski definition) is 1. The second-order valence-electron chi connectivity index (χ2n) is 6.30. The summed E-state index contributed by atoms with van der Waals surface area (Å²) >= 11 is 1.49. The molecule has 0 unspecified atom stereocenters. The summed E-state index contributed by atoms with van der Waals surface area (Å²) in [6.07, 6.45) is 0.714. The Morgan fingerprint density at radius 2 is 1.67 bits per heavy atom. The van der Waals surface area contributed by atoms with E-state index in [0.29, 0.717) is 23.7 Å². The quantitative estimate of drug-likeness (QED) is 0.575. The van der Waals surface area contributed by atoms with Gasteiger partial charge in [0.15, 0.2) is 11.5 Å². The Kier molecular flexibility index (Phi) is 6.79. The van der Waals surface area contributed by atoms with Crippen LogP contribution in [0.15, 0.2) is 51.9 Å². The van der Waals surface area contributed by atoms with Crippen molar-refractivity contribution >= 4 is 17.0 Å². The summed E-state index contributed by atoms with van der Waals surface area (Å²) in [5.41, 5.74) is 3.52. The van der Waals surface area contributed by atoms with Crippen LogP contribution >= 0.6 is 11.3 Å². The van der Waals surface area contributed by atoms with Crippen molar-refractivity contribution in [2.24, 2.45) is 10.1 Å². The minimum Gasteiger partial charge on any atom is -0.508 e. The highest BCUT2D eigenvalue weighted by molar-refractivity contribution is 7.07. The molecule has 1 heterocycles. The van der Waals surface area contributed by atoms with E-state index in [1.807, 2.05) is 41.2 Å². The van der Waals surface area contributed by atoms with Crippen LogP contribution in [0.5, 0.6) is 23.0 Å². The molecule has 2 aromatic carbocycles. The summed E-state index contributed by atoms with van der Waals surface area (Å²) < 4.78 is 18.3. The molecule has 0 atom stereocenters. The molecule has 0 spiro atoms. The largest absolute Gasteiger partial charge is 0.508 e. The van der Waals surface area contributed by atoms with Crippen LogP contribution in [0.1, 0.15) is 18.9 Å². The van der Waals surface area contributed by atoms with Crippen molar-refractivity contribution in [2.75, 3.05) is 28.4 Å². The fourth-order valence-electron chi connectivity index (χ4n) is 3.08. The maximum absolute atomic E-state index is 9.59. The number of hydrogen-bond acceptors (Lipinski definition) is 7. The van der Waals surface area contributed by atoms with Gasteiger partial charge in [0.2, 0.25) is 10.6 Å². The molecule has 0 aliphatic heterocycles. The minimum atomic E-state index is 0.222. The van der Waals surface area contributed by atoms with E-state index in [1.165, 1.54) is 11.3 Å². The first-order chi connectivity index (χ1) is 14.6. The molecule has 7 nitrogen and oxygen atoms in total. The van der Waals surface area contributed by atoms with E-state index in [4.69, 9.17) is 19.3 Å². The van der Waals surface area contributed by atoms with Gasteiger partial charge in [-0.25, -0.2) is 4.68 Å². The zero-order valence-corrected chi connectivity index (χ0v) is 18.5. The SMILES string of the molecule is CCC(=Nn1c(-c2cc(OC)c(OC)c(OC)c2)csc1=NC)c1ccc(O)cc1.